The maximum absolute atomic E-state index is 10.7. The SMILES string of the molecule is O=S(O)c1ccc(-n2cnnn2)cc1. The van der Waals surface area contributed by atoms with Crippen LogP contribution in [0.5, 0.6) is 0 Å². The maximum atomic E-state index is 10.7. The first kappa shape index (κ1) is 8.97. The standard InChI is InChI=1S/C7H6N4O2S/c12-14(13)7-3-1-6(2-4-7)11-5-8-9-10-11/h1-5H,(H,12,13). The van der Waals surface area contributed by atoms with Crippen LogP contribution in [0, 0.1) is 0 Å². The number of aromatic nitrogens is 4. The van der Waals surface area contributed by atoms with Crippen molar-refractivity contribution in [2.24, 2.45) is 0 Å². The lowest BCUT2D eigenvalue weighted by atomic mass is 10.3. The van der Waals surface area contributed by atoms with E-state index in [9.17, 15) is 4.21 Å². The maximum Gasteiger partial charge on any atom is 0.186 e. The molecule has 0 saturated heterocycles. The van der Waals surface area contributed by atoms with E-state index < -0.39 is 11.1 Å². The average Bonchev–Trinajstić information content (AvgIpc) is 2.71. The first-order chi connectivity index (χ1) is 6.77. The summed E-state index contributed by atoms with van der Waals surface area (Å²) in [5.41, 5.74) is 0.740. The molecule has 1 atom stereocenters. The molecule has 2 aromatic rings. The van der Waals surface area contributed by atoms with Gasteiger partial charge in [-0.25, -0.2) is 8.89 Å². The zero-order chi connectivity index (χ0) is 9.97. The molecule has 1 N–H and O–H groups in total. The van der Waals surface area contributed by atoms with Crippen LogP contribution in [0.15, 0.2) is 35.5 Å². The smallest absolute Gasteiger partial charge is 0.186 e. The molecule has 0 aliphatic carbocycles. The highest BCUT2D eigenvalue weighted by Crippen LogP contribution is 2.09. The number of tetrazole rings is 1. The van der Waals surface area contributed by atoms with Crippen LogP contribution in [0.1, 0.15) is 0 Å². The third-order valence-corrected chi connectivity index (χ3v) is 2.33. The van der Waals surface area contributed by atoms with Gasteiger partial charge in [-0.1, -0.05) is 0 Å². The van der Waals surface area contributed by atoms with Crippen LogP contribution >= 0.6 is 0 Å². The third kappa shape index (κ3) is 1.68. The number of hydrogen-bond donors (Lipinski definition) is 1. The predicted octanol–water partition coefficient (Wildman–Crippen LogP) is 0.243. The Morgan fingerprint density at radius 2 is 2.00 bits per heavy atom. The zero-order valence-electron chi connectivity index (χ0n) is 6.94. The van der Waals surface area contributed by atoms with E-state index in [-0.39, 0.29) is 0 Å². The summed E-state index contributed by atoms with van der Waals surface area (Å²) in [7, 11) is 0. The normalized spacial score (nSPS) is 12.6. The van der Waals surface area contributed by atoms with Crippen LogP contribution < -0.4 is 0 Å². The molecule has 7 heteroatoms. The van der Waals surface area contributed by atoms with E-state index in [0.717, 1.165) is 5.69 Å². The first-order valence-electron chi connectivity index (χ1n) is 3.71. The van der Waals surface area contributed by atoms with Gasteiger partial charge in [0.2, 0.25) is 0 Å². The summed E-state index contributed by atoms with van der Waals surface area (Å²) < 4.78 is 20.9. The fraction of sp³-hybridized carbons (Fsp3) is 0. The average molecular weight is 210 g/mol. The van der Waals surface area contributed by atoms with Gasteiger partial charge in [0.1, 0.15) is 6.33 Å². The lowest BCUT2D eigenvalue weighted by Gasteiger charge is -1.99. The highest BCUT2D eigenvalue weighted by Gasteiger charge is 2.01. The molecule has 0 aliphatic heterocycles. The number of nitrogens with zero attached hydrogens (tertiary/aromatic N) is 4. The van der Waals surface area contributed by atoms with Crippen LogP contribution in [-0.2, 0) is 11.1 Å². The first-order valence-corrected chi connectivity index (χ1v) is 4.82. The van der Waals surface area contributed by atoms with Gasteiger partial charge < -0.3 is 4.55 Å². The molecule has 1 aromatic carbocycles. The van der Waals surface area contributed by atoms with Gasteiger partial charge in [0.15, 0.2) is 11.1 Å². The Morgan fingerprint density at radius 3 is 2.50 bits per heavy atom. The van der Waals surface area contributed by atoms with E-state index in [0.29, 0.717) is 4.90 Å². The summed E-state index contributed by atoms with van der Waals surface area (Å²) in [5.74, 6) is 0. The highest BCUT2D eigenvalue weighted by atomic mass is 32.2. The molecule has 0 aliphatic rings. The van der Waals surface area contributed by atoms with Gasteiger partial charge in [-0.3, -0.25) is 0 Å². The Labute approximate surface area is 81.8 Å². The molecule has 0 radical (unpaired) electrons. The van der Waals surface area contributed by atoms with Crippen LogP contribution in [0.3, 0.4) is 0 Å². The van der Waals surface area contributed by atoms with Crippen molar-refractivity contribution in [1.29, 1.82) is 0 Å². The highest BCUT2D eigenvalue weighted by molar-refractivity contribution is 7.79. The molecule has 2 rings (SSSR count). The van der Waals surface area contributed by atoms with E-state index in [2.05, 4.69) is 15.5 Å². The van der Waals surface area contributed by atoms with E-state index in [4.69, 9.17) is 4.55 Å². The van der Waals surface area contributed by atoms with Gasteiger partial charge >= 0.3 is 0 Å². The molecule has 0 spiro atoms. The predicted molar refractivity (Wildman–Crippen MR) is 48.2 cm³/mol. The Balaban J connectivity index is 2.36. The molecular weight excluding hydrogens is 204 g/mol. The fourth-order valence-corrected chi connectivity index (χ4v) is 1.36. The molecular formula is C7H6N4O2S. The van der Waals surface area contributed by atoms with Gasteiger partial charge in [0.25, 0.3) is 0 Å². The minimum absolute atomic E-state index is 0.349. The summed E-state index contributed by atoms with van der Waals surface area (Å²) in [4.78, 5) is 0.349. The van der Waals surface area contributed by atoms with E-state index in [1.165, 1.54) is 11.0 Å². The fourth-order valence-electron chi connectivity index (χ4n) is 0.995. The van der Waals surface area contributed by atoms with Gasteiger partial charge in [-0.2, -0.15) is 0 Å². The topological polar surface area (TPSA) is 80.9 Å². The Hall–Kier alpha value is -1.60. The quantitative estimate of drug-likeness (QED) is 0.718. The Morgan fingerprint density at radius 1 is 1.29 bits per heavy atom. The zero-order valence-corrected chi connectivity index (χ0v) is 7.76. The second-order valence-corrected chi connectivity index (χ2v) is 3.47. The van der Waals surface area contributed by atoms with Crippen molar-refractivity contribution in [3.05, 3.63) is 30.6 Å². The summed E-state index contributed by atoms with van der Waals surface area (Å²) in [6, 6.07) is 6.43. The lowest BCUT2D eigenvalue weighted by Crippen LogP contribution is -1.95. The van der Waals surface area contributed by atoms with Crippen molar-refractivity contribution in [2.75, 3.05) is 0 Å². The van der Waals surface area contributed by atoms with E-state index in [1.54, 1.807) is 24.3 Å². The van der Waals surface area contributed by atoms with E-state index >= 15 is 0 Å². The van der Waals surface area contributed by atoms with Gasteiger partial charge in [-0.15, -0.1) is 5.10 Å². The Bertz CT molecular complexity index is 439. The van der Waals surface area contributed by atoms with Crippen LogP contribution in [0.2, 0.25) is 0 Å². The number of hydrogen-bond acceptors (Lipinski definition) is 4. The van der Waals surface area contributed by atoms with Crippen LogP contribution in [-0.4, -0.2) is 29.0 Å². The monoisotopic (exact) mass is 210 g/mol. The summed E-state index contributed by atoms with van der Waals surface area (Å²) in [6.45, 7) is 0. The largest absolute Gasteiger partial charge is 0.302 e. The molecule has 0 fully saturated rings. The van der Waals surface area contributed by atoms with Gasteiger partial charge in [0, 0.05) is 0 Å². The van der Waals surface area contributed by atoms with Crippen molar-refractivity contribution < 1.29 is 8.76 Å². The molecule has 1 aromatic heterocycles. The van der Waals surface area contributed by atoms with Crippen molar-refractivity contribution in [1.82, 2.24) is 20.2 Å². The second-order valence-electron chi connectivity index (χ2n) is 2.50. The summed E-state index contributed by atoms with van der Waals surface area (Å²) in [6.07, 6.45) is 1.45. The van der Waals surface area contributed by atoms with Crippen LogP contribution in [0.4, 0.5) is 0 Å². The van der Waals surface area contributed by atoms with Crippen molar-refractivity contribution >= 4 is 11.1 Å². The van der Waals surface area contributed by atoms with Gasteiger partial charge in [0.05, 0.1) is 10.6 Å². The molecule has 0 bridgehead atoms. The molecule has 1 unspecified atom stereocenters. The van der Waals surface area contributed by atoms with E-state index in [1.807, 2.05) is 0 Å². The molecule has 0 amide bonds. The third-order valence-electron chi connectivity index (χ3n) is 1.65. The van der Waals surface area contributed by atoms with Crippen molar-refractivity contribution in [3.63, 3.8) is 0 Å². The molecule has 0 saturated carbocycles. The summed E-state index contributed by atoms with van der Waals surface area (Å²) in [5, 5.41) is 10.6. The summed E-state index contributed by atoms with van der Waals surface area (Å²) >= 11 is -1.94. The molecule has 6 nitrogen and oxygen atoms in total. The minimum Gasteiger partial charge on any atom is -0.302 e. The molecule has 1 heterocycles. The van der Waals surface area contributed by atoms with Crippen LogP contribution in [0.25, 0.3) is 5.69 Å². The number of rotatable bonds is 2. The molecule has 14 heavy (non-hydrogen) atoms. The lowest BCUT2D eigenvalue weighted by molar-refractivity contribution is 0.564. The van der Waals surface area contributed by atoms with Crippen molar-refractivity contribution in [3.8, 4) is 5.69 Å². The molecule has 72 valence electrons. The van der Waals surface area contributed by atoms with Crippen molar-refractivity contribution in [2.45, 2.75) is 4.90 Å². The Kier molecular flexibility index (Phi) is 2.33. The minimum atomic E-state index is -1.94. The second kappa shape index (κ2) is 3.64. The van der Waals surface area contributed by atoms with Gasteiger partial charge in [-0.05, 0) is 34.7 Å². The number of benzene rings is 1.